The summed E-state index contributed by atoms with van der Waals surface area (Å²) in [4.78, 5) is 2.80. The highest BCUT2D eigenvalue weighted by atomic mass is 15.3. The molecule has 3 rings (SSSR count). The molecule has 2 heteroatoms. The van der Waals surface area contributed by atoms with E-state index in [0.717, 1.165) is 23.8 Å². The zero-order valence-electron chi connectivity index (χ0n) is 13.1. The first-order chi connectivity index (χ1) is 9.07. The quantitative estimate of drug-likeness (QED) is 0.841. The molecule has 1 aliphatic heterocycles. The average Bonchev–Trinajstić information content (AvgIpc) is 3.19. The van der Waals surface area contributed by atoms with Gasteiger partial charge < -0.3 is 5.32 Å². The van der Waals surface area contributed by atoms with E-state index >= 15 is 0 Å². The third kappa shape index (κ3) is 3.16. The number of nitrogens with one attached hydrogen (secondary N) is 1. The molecule has 0 bridgehead atoms. The number of nitrogens with zero attached hydrogens (tertiary/aromatic N) is 1. The van der Waals surface area contributed by atoms with Crippen molar-refractivity contribution in [3.63, 3.8) is 0 Å². The lowest BCUT2D eigenvalue weighted by Crippen LogP contribution is -2.63. The van der Waals surface area contributed by atoms with Crippen molar-refractivity contribution in [1.82, 2.24) is 10.2 Å². The summed E-state index contributed by atoms with van der Waals surface area (Å²) in [7, 11) is 0. The Balaban J connectivity index is 1.58. The molecule has 0 aromatic heterocycles. The summed E-state index contributed by atoms with van der Waals surface area (Å²) in [5.41, 5.74) is 0.410. The Morgan fingerprint density at radius 1 is 1.16 bits per heavy atom. The second-order valence-electron chi connectivity index (χ2n) is 7.99. The highest BCUT2D eigenvalue weighted by Gasteiger charge is 2.45. The van der Waals surface area contributed by atoms with E-state index in [1.165, 1.54) is 58.2 Å². The van der Waals surface area contributed by atoms with Crippen LogP contribution in [0.5, 0.6) is 0 Å². The maximum absolute atomic E-state index is 3.84. The molecule has 2 saturated carbocycles. The van der Waals surface area contributed by atoms with Crippen LogP contribution in [-0.2, 0) is 0 Å². The average molecular weight is 264 g/mol. The molecule has 1 saturated heterocycles. The van der Waals surface area contributed by atoms with Crippen molar-refractivity contribution in [3.8, 4) is 0 Å². The second-order valence-corrected chi connectivity index (χ2v) is 7.99. The fraction of sp³-hybridized carbons (Fsp3) is 1.00. The molecule has 2 nitrogen and oxygen atoms in total. The number of rotatable bonds is 3. The van der Waals surface area contributed by atoms with Gasteiger partial charge in [0, 0.05) is 31.2 Å². The minimum Gasteiger partial charge on any atom is -0.308 e. The Labute approximate surface area is 119 Å². The molecule has 1 heterocycles. The van der Waals surface area contributed by atoms with Gasteiger partial charge >= 0.3 is 0 Å². The van der Waals surface area contributed by atoms with Crippen LogP contribution in [-0.4, -0.2) is 36.1 Å². The molecule has 110 valence electrons. The van der Waals surface area contributed by atoms with Crippen LogP contribution in [0.1, 0.15) is 59.3 Å². The van der Waals surface area contributed by atoms with Crippen molar-refractivity contribution < 1.29 is 0 Å². The van der Waals surface area contributed by atoms with Crippen LogP contribution in [0.3, 0.4) is 0 Å². The molecule has 4 atom stereocenters. The third-order valence-corrected chi connectivity index (χ3v) is 5.97. The van der Waals surface area contributed by atoms with E-state index in [0.29, 0.717) is 5.54 Å². The first-order valence-corrected chi connectivity index (χ1v) is 8.56. The van der Waals surface area contributed by atoms with Gasteiger partial charge in [-0.25, -0.2) is 0 Å². The van der Waals surface area contributed by atoms with Crippen molar-refractivity contribution in [2.45, 2.75) is 70.9 Å². The summed E-state index contributed by atoms with van der Waals surface area (Å²) in [6.45, 7) is 11.1. The van der Waals surface area contributed by atoms with Gasteiger partial charge in [0.15, 0.2) is 0 Å². The maximum atomic E-state index is 3.84. The number of hydrogen-bond acceptors (Lipinski definition) is 2. The number of hydrogen-bond donors (Lipinski definition) is 1. The smallest absolute Gasteiger partial charge is 0.0309 e. The van der Waals surface area contributed by atoms with Crippen LogP contribution in [0.2, 0.25) is 0 Å². The molecule has 0 radical (unpaired) electrons. The standard InChI is InChI=1S/C17H32N2/c1-13-5-4-6-15(9-13)11-19-12-17(3,16-7-8-16)18-10-14(19)2/h13-16,18H,4-12H2,1-3H3. The Hall–Kier alpha value is -0.0800. The summed E-state index contributed by atoms with van der Waals surface area (Å²) >= 11 is 0. The zero-order valence-corrected chi connectivity index (χ0v) is 13.1. The SMILES string of the molecule is CC1CCCC(CN2CC(C)(C3CC3)NCC2C)C1. The lowest BCUT2D eigenvalue weighted by Gasteiger charge is -2.47. The highest BCUT2D eigenvalue weighted by Crippen LogP contribution is 2.41. The van der Waals surface area contributed by atoms with Crippen LogP contribution < -0.4 is 5.32 Å². The Morgan fingerprint density at radius 3 is 2.63 bits per heavy atom. The van der Waals surface area contributed by atoms with Crippen LogP contribution in [0.15, 0.2) is 0 Å². The van der Waals surface area contributed by atoms with E-state index in [4.69, 9.17) is 0 Å². The van der Waals surface area contributed by atoms with Gasteiger partial charge in [-0.2, -0.15) is 0 Å². The van der Waals surface area contributed by atoms with Crippen molar-refractivity contribution in [2.75, 3.05) is 19.6 Å². The minimum absolute atomic E-state index is 0.410. The highest BCUT2D eigenvalue weighted by molar-refractivity contribution is 5.03. The topological polar surface area (TPSA) is 15.3 Å². The molecule has 3 fully saturated rings. The van der Waals surface area contributed by atoms with Gasteiger partial charge in [0.25, 0.3) is 0 Å². The minimum atomic E-state index is 0.410. The molecular formula is C17H32N2. The van der Waals surface area contributed by atoms with E-state index in [9.17, 15) is 0 Å². The fourth-order valence-corrected chi connectivity index (χ4v) is 4.44. The molecular weight excluding hydrogens is 232 g/mol. The number of piperazine rings is 1. The normalized spacial score (nSPS) is 45.3. The summed E-state index contributed by atoms with van der Waals surface area (Å²) in [5, 5.41) is 3.84. The van der Waals surface area contributed by atoms with Gasteiger partial charge in [-0.05, 0) is 57.3 Å². The maximum Gasteiger partial charge on any atom is 0.0309 e. The molecule has 0 aromatic carbocycles. The van der Waals surface area contributed by atoms with Gasteiger partial charge in [0.1, 0.15) is 0 Å². The summed E-state index contributed by atoms with van der Waals surface area (Å²) in [5.74, 6) is 2.88. The zero-order chi connectivity index (χ0) is 13.5. The molecule has 2 aliphatic carbocycles. The van der Waals surface area contributed by atoms with Gasteiger partial charge in [-0.3, -0.25) is 4.90 Å². The van der Waals surface area contributed by atoms with Crippen LogP contribution in [0, 0.1) is 17.8 Å². The molecule has 19 heavy (non-hydrogen) atoms. The van der Waals surface area contributed by atoms with Gasteiger partial charge in [0.05, 0.1) is 0 Å². The lowest BCUT2D eigenvalue weighted by molar-refractivity contribution is 0.0590. The molecule has 3 aliphatic rings. The van der Waals surface area contributed by atoms with Gasteiger partial charge in [0.2, 0.25) is 0 Å². The predicted molar refractivity (Wildman–Crippen MR) is 81.3 cm³/mol. The van der Waals surface area contributed by atoms with E-state index < -0.39 is 0 Å². The van der Waals surface area contributed by atoms with E-state index in [-0.39, 0.29) is 0 Å². The molecule has 4 unspecified atom stereocenters. The molecule has 1 N–H and O–H groups in total. The van der Waals surface area contributed by atoms with Crippen molar-refractivity contribution in [3.05, 3.63) is 0 Å². The van der Waals surface area contributed by atoms with E-state index in [2.05, 4.69) is 31.0 Å². The Morgan fingerprint density at radius 2 is 1.95 bits per heavy atom. The van der Waals surface area contributed by atoms with Crippen molar-refractivity contribution in [1.29, 1.82) is 0 Å². The molecule has 0 spiro atoms. The van der Waals surface area contributed by atoms with Crippen LogP contribution in [0.4, 0.5) is 0 Å². The third-order valence-electron chi connectivity index (χ3n) is 5.97. The van der Waals surface area contributed by atoms with Crippen molar-refractivity contribution >= 4 is 0 Å². The van der Waals surface area contributed by atoms with Crippen molar-refractivity contribution in [2.24, 2.45) is 17.8 Å². The lowest BCUT2D eigenvalue weighted by atomic mass is 9.81. The predicted octanol–water partition coefficient (Wildman–Crippen LogP) is 3.28. The Kier molecular flexibility index (Phi) is 3.92. The van der Waals surface area contributed by atoms with Crippen LogP contribution in [0.25, 0.3) is 0 Å². The fourth-order valence-electron chi connectivity index (χ4n) is 4.44. The Bertz CT molecular complexity index is 312. The monoisotopic (exact) mass is 264 g/mol. The summed E-state index contributed by atoms with van der Waals surface area (Å²) < 4.78 is 0. The first-order valence-electron chi connectivity index (χ1n) is 8.56. The van der Waals surface area contributed by atoms with E-state index in [1.807, 2.05) is 0 Å². The first kappa shape index (κ1) is 13.9. The van der Waals surface area contributed by atoms with E-state index in [1.54, 1.807) is 0 Å². The summed E-state index contributed by atoms with van der Waals surface area (Å²) in [6, 6.07) is 0.726. The van der Waals surface area contributed by atoms with Gasteiger partial charge in [-0.1, -0.05) is 19.8 Å². The second kappa shape index (κ2) is 5.37. The summed E-state index contributed by atoms with van der Waals surface area (Å²) in [6.07, 6.45) is 8.77. The van der Waals surface area contributed by atoms with Gasteiger partial charge in [-0.15, -0.1) is 0 Å². The molecule has 0 amide bonds. The molecule has 0 aromatic rings. The van der Waals surface area contributed by atoms with Crippen LogP contribution >= 0.6 is 0 Å². The largest absolute Gasteiger partial charge is 0.308 e.